The number of hydrogen-bond acceptors (Lipinski definition) is 5. The standard InChI is InChI=1S/C14H21ClN4O2/c1-14(2,3)21-13(20)16-10-6-7-19(8-10)9-11-4-5-12(15)18-17-11/h4-5,10H,6-9H2,1-3H3,(H,16,20). The molecule has 1 unspecified atom stereocenters. The normalized spacial score (nSPS) is 19.5. The number of likely N-dealkylation sites (tertiary alicyclic amines) is 1. The zero-order valence-electron chi connectivity index (χ0n) is 12.6. The molecule has 116 valence electrons. The summed E-state index contributed by atoms with van der Waals surface area (Å²) < 4.78 is 5.26. The third-order valence-electron chi connectivity index (χ3n) is 3.07. The van der Waals surface area contributed by atoms with E-state index in [0.717, 1.165) is 25.2 Å². The minimum absolute atomic E-state index is 0.111. The number of amides is 1. The smallest absolute Gasteiger partial charge is 0.407 e. The van der Waals surface area contributed by atoms with Crippen LogP contribution in [0.5, 0.6) is 0 Å². The summed E-state index contributed by atoms with van der Waals surface area (Å²) in [7, 11) is 0. The van der Waals surface area contributed by atoms with E-state index in [2.05, 4.69) is 20.4 Å². The maximum atomic E-state index is 11.7. The molecule has 1 atom stereocenters. The molecule has 21 heavy (non-hydrogen) atoms. The molecule has 6 nitrogen and oxygen atoms in total. The summed E-state index contributed by atoms with van der Waals surface area (Å²) in [5.74, 6) is 0. The van der Waals surface area contributed by atoms with Crippen LogP contribution in [0.1, 0.15) is 32.9 Å². The van der Waals surface area contributed by atoms with Gasteiger partial charge < -0.3 is 10.1 Å². The maximum absolute atomic E-state index is 11.7. The molecule has 1 aromatic heterocycles. The lowest BCUT2D eigenvalue weighted by Crippen LogP contribution is -2.40. The van der Waals surface area contributed by atoms with Gasteiger partial charge in [0.05, 0.1) is 5.69 Å². The zero-order valence-corrected chi connectivity index (χ0v) is 13.4. The van der Waals surface area contributed by atoms with E-state index in [1.807, 2.05) is 26.8 Å². The van der Waals surface area contributed by atoms with Crippen LogP contribution in [0.2, 0.25) is 5.15 Å². The second-order valence-electron chi connectivity index (χ2n) is 6.21. The molecule has 0 spiro atoms. The summed E-state index contributed by atoms with van der Waals surface area (Å²) in [5.41, 5.74) is 0.402. The van der Waals surface area contributed by atoms with E-state index in [1.165, 1.54) is 0 Å². The van der Waals surface area contributed by atoms with Crippen molar-refractivity contribution in [2.45, 2.75) is 45.4 Å². The molecule has 2 heterocycles. The van der Waals surface area contributed by atoms with E-state index in [4.69, 9.17) is 16.3 Å². The highest BCUT2D eigenvalue weighted by Gasteiger charge is 2.26. The summed E-state index contributed by atoms with van der Waals surface area (Å²) in [4.78, 5) is 14.0. The van der Waals surface area contributed by atoms with E-state index in [9.17, 15) is 4.79 Å². The van der Waals surface area contributed by atoms with E-state index in [0.29, 0.717) is 11.7 Å². The van der Waals surface area contributed by atoms with Gasteiger partial charge >= 0.3 is 6.09 Å². The minimum Gasteiger partial charge on any atom is -0.444 e. The topological polar surface area (TPSA) is 67.3 Å². The Balaban J connectivity index is 1.78. The van der Waals surface area contributed by atoms with Crippen LogP contribution in [-0.2, 0) is 11.3 Å². The molecule has 1 saturated heterocycles. The van der Waals surface area contributed by atoms with E-state index in [-0.39, 0.29) is 12.1 Å². The van der Waals surface area contributed by atoms with Crippen molar-refractivity contribution in [1.29, 1.82) is 0 Å². The molecule has 1 fully saturated rings. The predicted octanol–water partition coefficient (Wildman–Crippen LogP) is 2.23. The van der Waals surface area contributed by atoms with Crippen LogP contribution in [0, 0.1) is 0 Å². The molecule has 1 aliphatic rings. The number of nitrogens with zero attached hydrogens (tertiary/aromatic N) is 3. The van der Waals surface area contributed by atoms with Gasteiger partial charge in [0.15, 0.2) is 5.15 Å². The van der Waals surface area contributed by atoms with Crippen molar-refractivity contribution in [2.24, 2.45) is 0 Å². The quantitative estimate of drug-likeness (QED) is 0.927. The first kappa shape index (κ1) is 16.0. The van der Waals surface area contributed by atoms with Crippen molar-refractivity contribution < 1.29 is 9.53 Å². The summed E-state index contributed by atoms with van der Waals surface area (Å²) in [6, 6.07) is 3.71. The molecule has 1 amide bonds. The Hall–Kier alpha value is -1.40. The Labute approximate surface area is 129 Å². The summed E-state index contributed by atoms with van der Waals surface area (Å²) in [6.07, 6.45) is 0.543. The van der Waals surface area contributed by atoms with Gasteiger partial charge in [0, 0.05) is 25.7 Å². The van der Waals surface area contributed by atoms with Crippen molar-refractivity contribution in [3.63, 3.8) is 0 Å². The van der Waals surface area contributed by atoms with E-state index >= 15 is 0 Å². The van der Waals surface area contributed by atoms with Gasteiger partial charge in [-0.2, -0.15) is 5.10 Å². The highest BCUT2D eigenvalue weighted by molar-refractivity contribution is 6.29. The average molecular weight is 313 g/mol. The van der Waals surface area contributed by atoms with Gasteiger partial charge in [0.2, 0.25) is 0 Å². The molecule has 7 heteroatoms. The number of alkyl carbamates (subject to hydrolysis) is 1. The van der Waals surface area contributed by atoms with Crippen molar-refractivity contribution >= 4 is 17.7 Å². The van der Waals surface area contributed by atoms with E-state index < -0.39 is 5.60 Å². The molecule has 0 radical (unpaired) electrons. The molecule has 1 aromatic rings. The number of ether oxygens (including phenoxy) is 1. The fraction of sp³-hybridized carbons (Fsp3) is 0.643. The lowest BCUT2D eigenvalue weighted by Gasteiger charge is -2.22. The average Bonchev–Trinajstić information content (AvgIpc) is 2.77. The number of nitrogens with one attached hydrogen (secondary N) is 1. The van der Waals surface area contributed by atoms with E-state index in [1.54, 1.807) is 6.07 Å². The molecular formula is C14H21ClN4O2. The molecule has 0 aliphatic carbocycles. The van der Waals surface area contributed by atoms with Gasteiger partial charge in [-0.1, -0.05) is 11.6 Å². The number of hydrogen-bond donors (Lipinski definition) is 1. The molecule has 1 N–H and O–H groups in total. The molecular weight excluding hydrogens is 292 g/mol. The van der Waals surface area contributed by atoms with Crippen molar-refractivity contribution in [3.05, 3.63) is 23.0 Å². The Morgan fingerprint density at radius 3 is 2.86 bits per heavy atom. The van der Waals surface area contributed by atoms with Crippen molar-refractivity contribution in [3.8, 4) is 0 Å². The Bertz CT molecular complexity index is 487. The van der Waals surface area contributed by atoms with Crippen LogP contribution in [0.4, 0.5) is 4.79 Å². The summed E-state index contributed by atoms with van der Waals surface area (Å²) in [5, 5.41) is 11.2. The third-order valence-corrected chi connectivity index (χ3v) is 3.27. The first-order valence-electron chi connectivity index (χ1n) is 7.02. The zero-order chi connectivity index (χ0) is 15.5. The number of rotatable bonds is 3. The van der Waals surface area contributed by atoms with Gasteiger partial charge in [-0.05, 0) is 39.3 Å². The number of carbonyl (C=O) groups is 1. The molecule has 0 aromatic carbocycles. The fourth-order valence-corrected chi connectivity index (χ4v) is 2.33. The van der Waals surface area contributed by atoms with Crippen molar-refractivity contribution in [2.75, 3.05) is 13.1 Å². The minimum atomic E-state index is -0.471. The van der Waals surface area contributed by atoms with Crippen LogP contribution in [0.3, 0.4) is 0 Å². The monoisotopic (exact) mass is 312 g/mol. The lowest BCUT2D eigenvalue weighted by molar-refractivity contribution is 0.0505. The lowest BCUT2D eigenvalue weighted by atomic mass is 10.2. The Kier molecular flexibility index (Phi) is 5.00. The molecule has 0 bridgehead atoms. The first-order valence-corrected chi connectivity index (χ1v) is 7.39. The third kappa shape index (κ3) is 5.47. The number of carbonyl (C=O) groups excluding carboxylic acids is 1. The summed E-state index contributed by atoms with van der Waals surface area (Å²) in [6.45, 7) is 7.96. The van der Waals surface area contributed by atoms with Gasteiger partial charge in [-0.25, -0.2) is 4.79 Å². The van der Waals surface area contributed by atoms with Crippen LogP contribution >= 0.6 is 11.6 Å². The predicted molar refractivity (Wildman–Crippen MR) is 80.1 cm³/mol. The second-order valence-corrected chi connectivity index (χ2v) is 6.60. The molecule has 2 rings (SSSR count). The Morgan fingerprint density at radius 1 is 1.48 bits per heavy atom. The Morgan fingerprint density at radius 2 is 2.24 bits per heavy atom. The summed E-state index contributed by atoms with van der Waals surface area (Å²) >= 11 is 5.71. The van der Waals surface area contributed by atoms with Crippen LogP contribution in [0.25, 0.3) is 0 Å². The van der Waals surface area contributed by atoms with Crippen LogP contribution < -0.4 is 5.32 Å². The highest BCUT2D eigenvalue weighted by Crippen LogP contribution is 2.14. The largest absolute Gasteiger partial charge is 0.444 e. The number of aromatic nitrogens is 2. The van der Waals surface area contributed by atoms with Crippen LogP contribution in [0.15, 0.2) is 12.1 Å². The van der Waals surface area contributed by atoms with Gasteiger partial charge in [0.1, 0.15) is 5.60 Å². The SMILES string of the molecule is CC(C)(C)OC(=O)NC1CCN(Cc2ccc(Cl)nn2)C1. The van der Waals surface area contributed by atoms with Crippen LogP contribution in [-0.4, -0.2) is 45.9 Å². The highest BCUT2D eigenvalue weighted by atomic mass is 35.5. The fourth-order valence-electron chi connectivity index (χ4n) is 2.23. The maximum Gasteiger partial charge on any atom is 0.407 e. The molecule has 1 aliphatic heterocycles. The molecule has 0 saturated carbocycles. The van der Waals surface area contributed by atoms with Gasteiger partial charge in [-0.3, -0.25) is 4.90 Å². The van der Waals surface area contributed by atoms with Gasteiger partial charge in [-0.15, -0.1) is 5.10 Å². The number of halogens is 1. The second kappa shape index (κ2) is 6.58. The van der Waals surface area contributed by atoms with Gasteiger partial charge in [0.25, 0.3) is 0 Å². The van der Waals surface area contributed by atoms with Crippen molar-refractivity contribution in [1.82, 2.24) is 20.4 Å². The first-order chi connectivity index (χ1) is 9.82.